The number of nitrogen functional groups attached to an aromatic ring is 1. The van der Waals surface area contributed by atoms with E-state index in [2.05, 4.69) is 9.46 Å². The second kappa shape index (κ2) is 6.00. The molecule has 1 aromatic rings. The Balaban J connectivity index is 3.30. The van der Waals surface area contributed by atoms with Gasteiger partial charge in [0.2, 0.25) is 10.0 Å². The highest BCUT2D eigenvalue weighted by molar-refractivity contribution is 7.89. The molecular formula is C11H16N2O5S. The van der Waals surface area contributed by atoms with Gasteiger partial charge in [0, 0.05) is 11.7 Å². The molecule has 0 aliphatic heterocycles. The molecular weight excluding hydrogens is 272 g/mol. The van der Waals surface area contributed by atoms with Gasteiger partial charge in [0.25, 0.3) is 0 Å². The third-order valence-corrected chi connectivity index (χ3v) is 3.98. The van der Waals surface area contributed by atoms with Gasteiger partial charge in [-0.3, -0.25) is 0 Å². The minimum Gasteiger partial charge on any atom is -0.465 e. The second-order valence-corrected chi connectivity index (χ2v) is 5.63. The van der Waals surface area contributed by atoms with Gasteiger partial charge in [-0.2, -0.15) is 0 Å². The molecule has 1 aromatic carbocycles. The van der Waals surface area contributed by atoms with Crippen molar-refractivity contribution in [1.29, 1.82) is 0 Å². The van der Waals surface area contributed by atoms with E-state index >= 15 is 0 Å². The Bertz CT molecular complexity index is 570. The first-order valence-corrected chi connectivity index (χ1v) is 6.91. The highest BCUT2D eigenvalue weighted by Gasteiger charge is 2.24. The van der Waals surface area contributed by atoms with E-state index in [1.165, 1.54) is 25.1 Å². The summed E-state index contributed by atoms with van der Waals surface area (Å²) in [6, 6.07) is 3.14. The first kappa shape index (κ1) is 15.4. The van der Waals surface area contributed by atoms with Gasteiger partial charge in [-0.25, -0.2) is 17.9 Å². The minimum atomic E-state index is -3.94. The lowest BCUT2D eigenvalue weighted by Crippen LogP contribution is -2.35. The first-order chi connectivity index (χ1) is 8.81. The van der Waals surface area contributed by atoms with Gasteiger partial charge >= 0.3 is 5.97 Å². The number of hydrogen-bond acceptors (Lipinski definition) is 6. The lowest BCUT2D eigenvalue weighted by Gasteiger charge is -2.14. The lowest BCUT2D eigenvalue weighted by atomic mass is 10.2. The number of ether oxygens (including phenoxy) is 1. The van der Waals surface area contributed by atoms with Crippen LogP contribution in [-0.4, -0.2) is 39.3 Å². The highest BCUT2D eigenvalue weighted by atomic mass is 32.2. The van der Waals surface area contributed by atoms with Crippen LogP contribution in [0.5, 0.6) is 0 Å². The first-order valence-electron chi connectivity index (χ1n) is 5.43. The summed E-state index contributed by atoms with van der Waals surface area (Å²) in [7, 11) is -2.80. The number of carbonyl (C=O) groups is 1. The molecule has 0 unspecified atom stereocenters. The molecule has 0 saturated heterocycles. The Morgan fingerprint density at radius 3 is 2.68 bits per heavy atom. The van der Waals surface area contributed by atoms with Crippen LogP contribution in [0.2, 0.25) is 0 Å². The number of nitrogens with one attached hydrogen (secondary N) is 1. The normalized spacial score (nSPS) is 13.0. The molecule has 0 heterocycles. The number of aliphatic hydroxyl groups excluding tert-OH is 1. The summed E-state index contributed by atoms with van der Waals surface area (Å²) >= 11 is 0. The van der Waals surface area contributed by atoms with Crippen LogP contribution in [0.1, 0.15) is 17.3 Å². The van der Waals surface area contributed by atoms with Crippen molar-refractivity contribution < 1.29 is 23.1 Å². The number of carbonyl (C=O) groups excluding carboxylic acids is 1. The van der Waals surface area contributed by atoms with Crippen molar-refractivity contribution in [3.05, 3.63) is 23.8 Å². The van der Waals surface area contributed by atoms with Crippen LogP contribution in [0.25, 0.3) is 0 Å². The van der Waals surface area contributed by atoms with Crippen LogP contribution < -0.4 is 10.5 Å². The topological polar surface area (TPSA) is 119 Å². The summed E-state index contributed by atoms with van der Waals surface area (Å²) in [6.45, 7) is 1.13. The lowest BCUT2D eigenvalue weighted by molar-refractivity contribution is 0.0596. The largest absolute Gasteiger partial charge is 0.465 e. The van der Waals surface area contributed by atoms with Crippen molar-refractivity contribution >= 4 is 21.7 Å². The van der Waals surface area contributed by atoms with Crippen LogP contribution in [-0.2, 0) is 14.8 Å². The van der Waals surface area contributed by atoms with E-state index in [0.29, 0.717) is 0 Å². The van der Waals surface area contributed by atoms with Crippen molar-refractivity contribution in [2.75, 3.05) is 19.5 Å². The summed E-state index contributed by atoms with van der Waals surface area (Å²) in [4.78, 5) is 11.3. The molecule has 0 saturated carbocycles. The molecule has 1 atom stereocenters. The molecule has 0 radical (unpaired) electrons. The molecule has 1 rings (SSSR count). The van der Waals surface area contributed by atoms with E-state index in [1.807, 2.05) is 0 Å². The number of sulfonamides is 1. The summed E-state index contributed by atoms with van der Waals surface area (Å²) in [5.74, 6) is -0.802. The number of anilines is 1. The van der Waals surface area contributed by atoms with Crippen LogP contribution >= 0.6 is 0 Å². The second-order valence-electron chi connectivity index (χ2n) is 3.95. The zero-order chi connectivity index (χ0) is 14.6. The standard InChI is InChI=1S/C11H16N2O5S/c1-7(6-14)13-19(16,17)10-4-3-8(12)5-9(10)11(15)18-2/h3-5,7,13-14H,6,12H2,1-2H3/t7-/m0/s1. The zero-order valence-electron chi connectivity index (χ0n) is 10.6. The average Bonchev–Trinajstić information content (AvgIpc) is 2.36. The smallest absolute Gasteiger partial charge is 0.339 e. The van der Waals surface area contributed by atoms with Gasteiger partial charge in [0.15, 0.2) is 0 Å². The Morgan fingerprint density at radius 1 is 1.53 bits per heavy atom. The maximum absolute atomic E-state index is 12.1. The van der Waals surface area contributed by atoms with E-state index in [1.54, 1.807) is 0 Å². The van der Waals surface area contributed by atoms with Gasteiger partial charge < -0.3 is 15.6 Å². The zero-order valence-corrected chi connectivity index (χ0v) is 11.4. The van der Waals surface area contributed by atoms with Crippen molar-refractivity contribution in [2.24, 2.45) is 0 Å². The molecule has 4 N–H and O–H groups in total. The molecule has 19 heavy (non-hydrogen) atoms. The van der Waals surface area contributed by atoms with Crippen LogP contribution in [0, 0.1) is 0 Å². The molecule has 7 nitrogen and oxygen atoms in total. The van der Waals surface area contributed by atoms with Crippen molar-refractivity contribution in [3.8, 4) is 0 Å². The third kappa shape index (κ3) is 3.66. The molecule has 0 aromatic heterocycles. The number of esters is 1. The summed E-state index contributed by atoms with van der Waals surface area (Å²) in [6.07, 6.45) is 0. The molecule has 0 fully saturated rings. The fourth-order valence-electron chi connectivity index (χ4n) is 1.42. The van der Waals surface area contributed by atoms with Crippen LogP contribution in [0.3, 0.4) is 0 Å². The molecule has 0 spiro atoms. The summed E-state index contributed by atoms with van der Waals surface area (Å²) in [5.41, 5.74) is 5.62. The minimum absolute atomic E-state index is 0.153. The molecule has 8 heteroatoms. The number of benzene rings is 1. The molecule has 0 amide bonds. The van der Waals surface area contributed by atoms with Crippen molar-refractivity contribution in [3.63, 3.8) is 0 Å². The van der Waals surface area contributed by atoms with Crippen LogP contribution in [0.4, 0.5) is 5.69 Å². The maximum Gasteiger partial charge on any atom is 0.339 e. The van der Waals surface area contributed by atoms with Gasteiger partial charge in [0.05, 0.1) is 24.2 Å². The van der Waals surface area contributed by atoms with Crippen LogP contribution in [0.15, 0.2) is 23.1 Å². The van der Waals surface area contributed by atoms with E-state index in [9.17, 15) is 13.2 Å². The van der Waals surface area contributed by atoms with Gasteiger partial charge in [0.1, 0.15) is 0 Å². The fourth-order valence-corrected chi connectivity index (χ4v) is 2.83. The predicted octanol–water partition coefficient (Wildman–Crippen LogP) is -0.286. The number of aliphatic hydroxyl groups is 1. The average molecular weight is 288 g/mol. The SMILES string of the molecule is COC(=O)c1cc(N)ccc1S(=O)(=O)N[C@@H](C)CO. The Hall–Kier alpha value is -1.64. The van der Waals surface area contributed by atoms with Gasteiger partial charge in [-0.1, -0.05) is 0 Å². The molecule has 0 bridgehead atoms. The fraction of sp³-hybridized carbons (Fsp3) is 0.364. The highest BCUT2D eigenvalue weighted by Crippen LogP contribution is 2.20. The van der Waals surface area contributed by atoms with Gasteiger partial charge in [-0.15, -0.1) is 0 Å². The predicted molar refractivity (Wildman–Crippen MR) is 69.1 cm³/mol. The quantitative estimate of drug-likeness (QED) is 0.506. The number of nitrogens with two attached hydrogens (primary N) is 1. The van der Waals surface area contributed by atoms with E-state index in [-0.39, 0.29) is 22.8 Å². The summed E-state index contributed by atoms with van der Waals surface area (Å²) in [5, 5.41) is 8.88. The number of methoxy groups -OCH3 is 1. The number of hydrogen-bond donors (Lipinski definition) is 3. The monoisotopic (exact) mass is 288 g/mol. The molecule has 0 aliphatic rings. The van der Waals surface area contributed by atoms with Gasteiger partial charge in [-0.05, 0) is 25.1 Å². The Kier molecular flexibility index (Phi) is 4.87. The van der Waals surface area contributed by atoms with E-state index < -0.39 is 22.0 Å². The third-order valence-electron chi connectivity index (χ3n) is 2.33. The van der Waals surface area contributed by atoms with Crippen molar-refractivity contribution in [2.45, 2.75) is 17.9 Å². The molecule has 0 aliphatic carbocycles. The van der Waals surface area contributed by atoms with E-state index in [4.69, 9.17) is 10.8 Å². The number of rotatable bonds is 5. The molecule has 106 valence electrons. The van der Waals surface area contributed by atoms with Crippen molar-refractivity contribution in [1.82, 2.24) is 4.72 Å². The Morgan fingerprint density at radius 2 is 2.16 bits per heavy atom. The Labute approximate surface area is 111 Å². The maximum atomic E-state index is 12.1. The summed E-state index contributed by atoms with van der Waals surface area (Å²) < 4.78 is 30.9. The van der Waals surface area contributed by atoms with E-state index in [0.717, 1.165) is 7.11 Å².